The van der Waals surface area contributed by atoms with Gasteiger partial charge in [0.05, 0.1) is 6.42 Å². The van der Waals surface area contributed by atoms with Crippen LogP contribution >= 0.6 is 0 Å². The third-order valence-electron chi connectivity index (χ3n) is 3.44. The van der Waals surface area contributed by atoms with E-state index in [9.17, 15) is 4.79 Å². The van der Waals surface area contributed by atoms with Crippen molar-refractivity contribution in [2.75, 3.05) is 0 Å². The van der Waals surface area contributed by atoms with Gasteiger partial charge in [0.2, 0.25) is 0 Å². The van der Waals surface area contributed by atoms with E-state index in [1.165, 1.54) is 10.9 Å². The predicted octanol–water partition coefficient (Wildman–Crippen LogP) is 3.83. The van der Waals surface area contributed by atoms with E-state index in [2.05, 4.69) is 24.9 Å². The average molecular weight is 245 g/mol. The van der Waals surface area contributed by atoms with E-state index in [4.69, 9.17) is 5.11 Å². The van der Waals surface area contributed by atoms with Crippen LogP contribution < -0.4 is 0 Å². The third kappa shape index (κ3) is 2.40. The van der Waals surface area contributed by atoms with Gasteiger partial charge in [-0.3, -0.25) is 4.79 Å². The van der Waals surface area contributed by atoms with Crippen molar-refractivity contribution in [1.29, 1.82) is 0 Å². The molecule has 96 valence electrons. The van der Waals surface area contributed by atoms with Gasteiger partial charge in [-0.1, -0.05) is 25.5 Å². The number of carboxylic acids is 1. The molecule has 0 aliphatic heterocycles. The Morgan fingerprint density at radius 3 is 2.89 bits per heavy atom. The number of hydrogen-bond donors (Lipinski definition) is 2. The monoisotopic (exact) mass is 245 g/mol. The maximum atomic E-state index is 11.0. The van der Waals surface area contributed by atoms with Gasteiger partial charge in [-0.05, 0) is 36.5 Å². The maximum absolute atomic E-state index is 11.0. The Labute approximate surface area is 107 Å². The summed E-state index contributed by atoms with van der Waals surface area (Å²) >= 11 is 0. The molecule has 0 aliphatic carbocycles. The summed E-state index contributed by atoms with van der Waals surface area (Å²) < 4.78 is 0. The highest BCUT2D eigenvalue weighted by atomic mass is 16.4. The summed E-state index contributed by atoms with van der Waals surface area (Å²) in [6.07, 6.45) is 4.08. The predicted molar refractivity (Wildman–Crippen MR) is 72.9 cm³/mol. The Morgan fingerprint density at radius 1 is 1.44 bits per heavy atom. The number of aliphatic carboxylic acids is 1. The number of carboxylic acid groups (broad SMARTS) is 1. The van der Waals surface area contributed by atoms with Crippen molar-refractivity contribution in [3.05, 3.63) is 35.5 Å². The van der Waals surface area contributed by atoms with Crippen LogP contribution in [0.15, 0.2) is 24.4 Å². The van der Waals surface area contributed by atoms with Crippen molar-refractivity contribution in [1.82, 2.24) is 4.98 Å². The molecule has 0 saturated carbocycles. The smallest absolute Gasteiger partial charge is 0.303 e. The van der Waals surface area contributed by atoms with Crippen LogP contribution in [-0.4, -0.2) is 16.1 Å². The van der Waals surface area contributed by atoms with Crippen molar-refractivity contribution >= 4 is 16.9 Å². The number of nitrogens with one attached hydrogen (secondary N) is 1. The molecule has 18 heavy (non-hydrogen) atoms. The van der Waals surface area contributed by atoms with Gasteiger partial charge in [0.25, 0.3) is 0 Å². The molecule has 3 heteroatoms. The molecule has 2 rings (SSSR count). The maximum Gasteiger partial charge on any atom is 0.303 e. The first kappa shape index (κ1) is 12.7. The lowest BCUT2D eigenvalue weighted by Gasteiger charge is -2.14. The van der Waals surface area contributed by atoms with Crippen LogP contribution in [0.5, 0.6) is 0 Å². The fraction of sp³-hybridized carbons (Fsp3) is 0.400. The van der Waals surface area contributed by atoms with Crippen molar-refractivity contribution in [2.24, 2.45) is 0 Å². The summed E-state index contributed by atoms with van der Waals surface area (Å²) in [6.45, 7) is 4.17. The van der Waals surface area contributed by atoms with Gasteiger partial charge in [-0.2, -0.15) is 0 Å². The summed E-state index contributed by atoms with van der Waals surface area (Å²) in [7, 11) is 0. The number of hydrogen-bond acceptors (Lipinski definition) is 1. The Bertz CT molecular complexity index is 557. The summed E-state index contributed by atoms with van der Waals surface area (Å²) in [6, 6.07) is 6.13. The van der Waals surface area contributed by atoms with E-state index in [0.717, 1.165) is 23.9 Å². The van der Waals surface area contributed by atoms with Crippen LogP contribution in [0.4, 0.5) is 0 Å². The zero-order valence-electron chi connectivity index (χ0n) is 10.9. The van der Waals surface area contributed by atoms with Gasteiger partial charge in [0.1, 0.15) is 0 Å². The van der Waals surface area contributed by atoms with E-state index in [-0.39, 0.29) is 12.3 Å². The lowest BCUT2D eigenvalue weighted by atomic mass is 9.90. The largest absolute Gasteiger partial charge is 0.481 e. The third-order valence-corrected chi connectivity index (χ3v) is 3.44. The Hall–Kier alpha value is -1.77. The molecule has 1 atom stereocenters. The molecule has 0 amide bonds. The van der Waals surface area contributed by atoms with Crippen LogP contribution in [-0.2, 0) is 4.79 Å². The lowest BCUT2D eigenvalue weighted by Crippen LogP contribution is -2.06. The zero-order valence-corrected chi connectivity index (χ0v) is 10.9. The van der Waals surface area contributed by atoms with Crippen LogP contribution in [0.3, 0.4) is 0 Å². The number of aromatic amines is 1. The van der Waals surface area contributed by atoms with Crippen molar-refractivity contribution in [2.45, 2.75) is 39.0 Å². The van der Waals surface area contributed by atoms with E-state index < -0.39 is 5.97 Å². The summed E-state index contributed by atoms with van der Waals surface area (Å²) in [5.74, 6) is -0.626. The number of carbonyl (C=O) groups is 1. The van der Waals surface area contributed by atoms with Crippen LogP contribution in [0, 0.1) is 6.92 Å². The average Bonchev–Trinajstić information content (AvgIpc) is 2.73. The quantitative estimate of drug-likeness (QED) is 0.841. The molecule has 1 aromatic carbocycles. The molecule has 0 spiro atoms. The first-order valence-electron chi connectivity index (χ1n) is 6.41. The zero-order chi connectivity index (χ0) is 13.1. The van der Waals surface area contributed by atoms with Crippen LogP contribution in [0.1, 0.15) is 43.2 Å². The van der Waals surface area contributed by atoms with E-state index in [1.807, 2.05) is 18.3 Å². The standard InChI is InChI=1S/C15H19NO2/c1-3-5-11(8-14(17)18)12-9-16-13-7-4-6-10(2)15(12)13/h4,6-7,9,11,16H,3,5,8H2,1-2H3,(H,17,18). The molecule has 2 aromatic rings. The van der Waals surface area contributed by atoms with Crippen molar-refractivity contribution in [3.63, 3.8) is 0 Å². The second-order valence-corrected chi connectivity index (χ2v) is 4.82. The summed E-state index contributed by atoms with van der Waals surface area (Å²) in [4.78, 5) is 14.2. The molecule has 0 aliphatic rings. The number of rotatable bonds is 5. The van der Waals surface area contributed by atoms with Crippen LogP contribution in [0.2, 0.25) is 0 Å². The lowest BCUT2D eigenvalue weighted by molar-refractivity contribution is -0.137. The Morgan fingerprint density at radius 2 is 2.22 bits per heavy atom. The molecule has 1 heterocycles. The number of aromatic nitrogens is 1. The molecule has 1 unspecified atom stereocenters. The SMILES string of the molecule is CCCC(CC(=O)O)c1c[nH]c2cccc(C)c12. The molecule has 0 bridgehead atoms. The molecule has 0 fully saturated rings. The van der Waals surface area contributed by atoms with Gasteiger partial charge in [0.15, 0.2) is 0 Å². The highest BCUT2D eigenvalue weighted by Crippen LogP contribution is 2.33. The number of aryl methyl sites for hydroxylation is 1. The Balaban J connectivity index is 2.46. The van der Waals surface area contributed by atoms with Gasteiger partial charge in [-0.25, -0.2) is 0 Å². The molecule has 1 aromatic heterocycles. The molecular formula is C15H19NO2. The van der Waals surface area contributed by atoms with E-state index in [0.29, 0.717) is 0 Å². The first-order chi connectivity index (χ1) is 8.63. The van der Waals surface area contributed by atoms with Gasteiger partial charge in [-0.15, -0.1) is 0 Å². The highest BCUT2D eigenvalue weighted by Gasteiger charge is 2.19. The summed E-state index contributed by atoms with van der Waals surface area (Å²) in [5, 5.41) is 10.2. The number of H-pyrrole nitrogens is 1. The topological polar surface area (TPSA) is 53.1 Å². The van der Waals surface area contributed by atoms with Gasteiger partial charge < -0.3 is 10.1 Å². The summed E-state index contributed by atoms with van der Waals surface area (Å²) in [5.41, 5.74) is 3.44. The first-order valence-corrected chi connectivity index (χ1v) is 6.41. The van der Waals surface area contributed by atoms with E-state index in [1.54, 1.807) is 0 Å². The van der Waals surface area contributed by atoms with Gasteiger partial charge in [0, 0.05) is 17.1 Å². The fourth-order valence-electron chi connectivity index (χ4n) is 2.65. The number of benzene rings is 1. The minimum absolute atomic E-state index is 0.0994. The molecule has 0 radical (unpaired) electrons. The minimum Gasteiger partial charge on any atom is -0.481 e. The molecule has 0 saturated heterocycles. The highest BCUT2D eigenvalue weighted by molar-refractivity contribution is 5.87. The molecule has 2 N–H and O–H groups in total. The normalized spacial score (nSPS) is 12.8. The minimum atomic E-state index is -0.726. The van der Waals surface area contributed by atoms with Crippen molar-refractivity contribution in [3.8, 4) is 0 Å². The fourth-order valence-corrected chi connectivity index (χ4v) is 2.65. The second kappa shape index (κ2) is 5.25. The van der Waals surface area contributed by atoms with E-state index >= 15 is 0 Å². The molecular weight excluding hydrogens is 226 g/mol. The Kier molecular flexibility index (Phi) is 3.70. The van der Waals surface area contributed by atoms with Gasteiger partial charge >= 0.3 is 5.97 Å². The second-order valence-electron chi connectivity index (χ2n) is 4.82. The van der Waals surface area contributed by atoms with Crippen molar-refractivity contribution < 1.29 is 9.90 Å². The van der Waals surface area contributed by atoms with Crippen LogP contribution in [0.25, 0.3) is 10.9 Å². The number of fused-ring (bicyclic) bond motifs is 1. The molecule has 3 nitrogen and oxygen atoms in total.